The first-order chi connectivity index (χ1) is 8.37. The second-order valence-electron chi connectivity index (χ2n) is 5.46. The summed E-state index contributed by atoms with van der Waals surface area (Å²) in [5, 5.41) is 10.3. The maximum Gasteiger partial charge on any atom is 0.211 e. The lowest BCUT2D eigenvalue weighted by molar-refractivity contribution is -0.00751. The standard InChI is InChI=1S/C12H24ClNO3S/c1-11-5-4-6-12(15,9-11)10-14-18(16,17)8-3-2-7-13/h11,14-15H,2-10H2,1H3. The highest BCUT2D eigenvalue weighted by Gasteiger charge is 2.33. The summed E-state index contributed by atoms with van der Waals surface area (Å²) in [6, 6.07) is 0. The zero-order valence-corrected chi connectivity index (χ0v) is 12.6. The molecule has 0 heterocycles. The molecule has 0 aromatic heterocycles. The monoisotopic (exact) mass is 297 g/mol. The number of alkyl halides is 1. The Kier molecular flexibility index (Phi) is 6.38. The summed E-state index contributed by atoms with van der Waals surface area (Å²) in [5.41, 5.74) is -0.864. The van der Waals surface area contributed by atoms with Crippen molar-refractivity contribution < 1.29 is 13.5 Å². The maximum absolute atomic E-state index is 11.7. The van der Waals surface area contributed by atoms with Crippen LogP contribution >= 0.6 is 11.6 Å². The fraction of sp³-hybridized carbons (Fsp3) is 1.00. The van der Waals surface area contributed by atoms with Crippen LogP contribution in [-0.2, 0) is 10.0 Å². The molecule has 4 nitrogen and oxygen atoms in total. The Morgan fingerprint density at radius 2 is 2.17 bits per heavy atom. The lowest BCUT2D eigenvalue weighted by Gasteiger charge is -2.35. The second kappa shape index (κ2) is 7.08. The van der Waals surface area contributed by atoms with Crippen LogP contribution in [0.5, 0.6) is 0 Å². The molecule has 2 atom stereocenters. The topological polar surface area (TPSA) is 66.4 Å². The predicted octanol–water partition coefficient (Wildman–Crippen LogP) is 1.87. The van der Waals surface area contributed by atoms with Crippen LogP contribution < -0.4 is 4.72 Å². The van der Waals surface area contributed by atoms with Crippen molar-refractivity contribution in [2.24, 2.45) is 5.92 Å². The van der Waals surface area contributed by atoms with Crippen LogP contribution in [0.3, 0.4) is 0 Å². The molecule has 0 amide bonds. The van der Waals surface area contributed by atoms with E-state index in [1.54, 1.807) is 0 Å². The Bertz CT molecular complexity index is 347. The van der Waals surface area contributed by atoms with Crippen molar-refractivity contribution in [3.63, 3.8) is 0 Å². The minimum atomic E-state index is -3.28. The van der Waals surface area contributed by atoms with Gasteiger partial charge in [0, 0.05) is 12.4 Å². The number of nitrogens with one attached hydrogen (secondary N) is 1. The van der Waals surface area contributed by atoms with Gasteiger partial charge in [0.05, 0.1) is 11.4 Å². The van der Waals surface area contributed by atoms with Gasteiger partial charge < -0.3 is 5.11 Å². The average Bonchev–Trinajstić information content (AvgIpc) is 2.27. The van der Waals surface area contributed by atoms with Crippen molar-refractivity contribution in [1.29, 1.82) is 0 Å². The van der Waals surface area contributed by atoms with Gasteiger partial charge in [-0.1, -0.05) is 19.8 Å². The molecule has 0 aromatic carbocycles. The van der Waals surface area contributed by atoms with Gasteiger partial charge in [-0.2, -0.15) is 0 Å². The Labute approximate surface area is 115 Å². The number of hydrogen-bond donors (Lipinski definition) is 2. The fourth-order valence-electron chi connectivity index (χ4n) is 2.50. The van der Waals surface area contributed by atoms with E-state index in [0.29, 0.717) is 37.5 Å². The van der Waals surface area contributed by atoms with E-state index in [1.165, 1.54) is 0 Å². The lowest BCUT2D eigenvalue weighted by atomic mass is 9.79. The number of aliphatic hydroxyl groups is 1. The third-order valence-electron chi connectivity index (χ3n) is 3.49. The molecular weight excluding hydrogens is 274 g/mol. The molecule has 1 fully saturated rings. The van der Waals surface area contributed by atoms with Gasteiger partial charge >= 0.3 is 0 Å². The van der Waals surface area contributed by atoms with E-state index >= 15 is 0 Å². The van der Waals surface area contributed by atoms with E-state index in [1.807, 2.05) is 0 Å². The van der Waals surface area contributed by atoms with E-state index in [-0.39, 0.29) is 12.3 Å². The van der Waals surface area contributed by atoms with Gasteiger partial charge in [-0.25, -0.2) is 13.1 Å². The number of sulfonamides is 1. The molecule has 0 aromatic rings. The third-order valence-corrected chi connectivity index (χ3v) is 5.16. The van der Waals surface area contributed by atoms with E-state index in [9.17, 15) is 13.5 Å². The molecule has 1 aliphatic carbocycles. The van der Waals surface area contributed by atoms with Gasteiger partial charge in [-0.3, -0.25) is 0 Å². The molecule has 0 radical (unpaired) electrons. The SMILES string of the molecule is CC1CCCC(O)(CNS(=O)(=O)CCCCCl)C1. The molecular formula is C12H24ClNO3S. The van der Waals surface area contributed by atoms with E-state index in [4.69, 9.17) is 11.6 Å². The molecule has 0 aliphatic heterocycles. The first-order valence-electron chi connectivity index (χ1n) is 6.63. The Balaban J connectivity index is 2.38. The summed E-state index contributed by atoms with van der Waals surface area (Å²) in [4.78, 5) is 0. The molecule has 2 N–H and O–H groups in total. The van der Waals surface area contributed by atoms with Crippen LogP contribution in [0, 0.1) is 5.92 Å². The summed E-state index contributed by atoms with van der Waals surface area (Å²) >= 11 is 5.51. The third kappa shape index (κ3) is 5.87. The summed E-state index contributed by atoms with van der Waals surface area (Å²) in [6.07, 6.45) is 4.70. The van der Waals surface area contributed by atoms with Gasteiger partial charge in [-0.15, -0.1) is 11.6 Å². The Hall–Kier alpha value is 0.160. The highest BCUT2D eigenvalue weighted by molar-refractivity contribution is 7.89. The van der Waals surface area contributed by atoms with Crippen molar-refractivity contribution in [3.05, 3.63) is 0 Å². The Morgan fingerprint density at radius 1 is 1.44 bits per heavy atom. The van der Waals surface area contributed by atoms with Gasteiger partial charge in [0.15, 0.2) is 0 Å². The normalized spacial score (nSPS) is 29.4. The molecule has 1 saturated carbocycles. The minimum Gasteiger partial charge on any atom is -0.389 e. The first-order valence-corrected chi connectivity index (χ1v) is 8.81. The smallest absolute Gasteiger partial charge is 0.211 e. The molecule has 6 heteroatoms. The van der Waals surface area contributed by atoms with Crippen molar-refractivity contribution in [1.82, 2.24) is 4.72 Å². The molecule has 108 valence electrons. The summed E-state index contributed by atoms with van der Waals surface area (Å²) in [7, 11) is -3.28. The molecule has 18 heavy (non-hydrogen) atoms. The summed E-state index contributed by atoms with van der Waals surface area (Å²) in [6.45, 7) is 2.24. The number of rotatable bonds is 7. The number of halogens is 1. The summed E-state index contributed by atoms with van der Waals surface area (Å²) < 4.78 is 25.9. The number of hydrogen-bond acceptors (Lipinski definition) is 3. The van der Waals surface area contributed by atoms with E-state index in [2.05, 4.69) is 11.6 Å². The lowest BCUT2D eigenvalue weighted by Crippen LogP contribution is -2.46. The Morgan fingerprint density at radius 3 is 2.78 bits per heavy atom. The van der Waals surface area contributed by atoms with Gasteiger partial charge in [0.1, 0.15) is 0 Å². The molecule has 1 aliphatic rings. The van der Waals surface area contributed by atoms with Crippen molar-refractivity contribution in [3.8, 4) is 0 Å². The minimum absolute atomic E-state index is 0.0886. The van der Waals surface area contributed by atoms with Crippen LogP contribution in [0.1, 0.15) is 45.4 Å². The maximum atomic E-state index is 11.7. The highest BCUT2D eigenvalue weighted by Crippen LogP contribution is 2.31. The molecule has 0 bridgehead atoms. The van der Waals surface area contributed by atoms with Crippen LogP contribution in [0.15, 0.2) is 0 Å². The first kappa shape index (κ1) is 16.2. The average molecular weight is 298 g/mol. The molecule has 0 saturated heterocycles. The van der Waals surface area contributed by atoms with Crippen LogP contribution in [0.4, 0.5) is 0 Å². The zero-order chi connectivity index (χ0) is 13.6. The molecule has 1 rings (SSSR count). The van der Waals surface area contributed by atoms with Crippen LogP contribution in [0.2, 0.25) is 0 Å². The largest absolute Gasteiger partial charge is 0.389 e. The second-order valence-corrected chi connectivity index (χ2v) is 7.77. The van der Waals surface area contributed by atoms with Gasteiger partial charge in [0.25, 0.3) is 0 Å². The van der Waals surface area contributed by atoms with Crippen LogP contribution in [0.25, 0.3) is 0 Å². The van der Waals surface area contributed by atoms with Crippen molar-refractivity contribution in [2.75, 3.05) is 18.2 Å². The van der Waals surface area contributed by atoms with Crippen molar-refractivity contribution in [2.45, 2.75) is 51.0 Å². The number of unbranched alkanes of at least 4 members (excludes halogenated alkanes) is 1. The van der Waals surface area contributed by atoms with Gasteiger partial charge in [0.2, 0.25) is 10.0 Å². The quantitative estimate of drug-likeness (QED) is 0.557. The van der Waals surface area contributed by atoms with Crippen molar-refractivity contribution >= 4 is 21.6 Å². The molecule has 0 spiro atoms. The highest BCUT2D eigenvalue weighted by atomic mass is 35.5. The molecule has 2 unspecified atom stereocenters. The van der Waals surface area contributed by atoms with Gasteiger partial charge in [-0.05, 0) is 31.6 Å². The zero-order valence-electron chi connectivity index (χ0n) is 11.0. The van der Waals surface area contributed by atoms with E-state index < -0.39 is 15.6 Å². The van der Waals surface area contributed by atoms with Crippen LogP contribution in [-0.4, -0.2) is 37.3 Å². The van der Waals surface area contributed by atoms with E-state index in [0.717, 1.165) is 12.8 Å². The summed E-state index contributed by atoms with van der Waals surface area (Å²) in [5.74, 6) is 1.03. The predicted molar refractivity (Wildman–Crippen MR) is 74.3 cm³/mol. The fourth-order valence-corrected chi connectivity index (χ4v) is 3.90.